The van der Waals surface area contributed by atoms with Crippen molar-refractivity contribution in [2.75, 3.05) is 13.7 Å². The van der Waals surface area contributed by atoms with Gasteiger partial charge in [-0.3, -0.25) is 34.5 Å². The SMILES string of the molecule is CN(Cc1cccc(OCCn2ccc3ccc(C(=O)NO)cc32)c1)C(=O)CCCCCCC#Cc1ccc2c(c1)CN(C1CCC(=O)NC1=O)C2=O. The van der Waals surface area contributed by atoms with Gasteiger partial charge in [-0.25, -0.2) is 5.48 Å². The third kappa shape index (κ3) is 9.12. The molecular formula is C41H43N5O7. The van der Waals surface area contributed by atoms with Gasteiger partial charge in [0.25, 0.3) is 11.8 Å². The Morgan fingerprint density at radius 1 is 1.02 bits per heavy atom. The first kappa shape index (κ1) is 36.8. The lowest BCUT2D eigenvalue weighted by atomic mass is 10.0. The molecule has 1 saturated heterocycles. The summed E-state index contributed by atoms with van der Waals surface area (Å²) in [4.78, 5) is 64.6. The van der Waals surface area contributed by atoms with Gasteiger partial charge in [0.15, 0.2) is 0 Å². The van der Waals surface area contributed by atoms with E-state index >= 15 is 0 Å². The maximum atomic E-state index is 12.9. The number of piperidine rings is 1. The van der Waals surface area contributed by atoms with Crippen molar-refractivity contribution in [2.45, 2.75) is 77.0 Å². The van der Waals surface area contributed by atoms with E-state index in [1.54, 1.807) is 28.6 Å². The zero-order valence-electron chi connectivity index (χ0n) is 29.7. The number of carbonyl (C=O) groups excluding carboxylic acids is 5. The molecule has 0 radical (unpaired) electrons. The van der Waals surface area contributed by atoms with E-state index in [9.17, 15) is 24.0 Å². The number of ether oxygens (including phenoxy) is 1. The Hall–Kier alpha value is -5.93. The van der Waals surface area contributed by atoms with E-state index in [0.29, 0.717) is 56.0 Å². The van der Waals surface area contributed by atoms with Crippen molar-refractivity contribution in [1.82, 2.24) is 25.2 Å². The van der Waals surface area contributed by atoms with E-state index in [0.717, 1.165) is 59.7 Å². The van der Waals surface area contributed by atoms with E-state index in [4.69, 9.17) is 9.94 Å². The second-order valence-electron chi connectivity index (χ2n) is 13.5. The molecule has 2 aliphatic rings. The van der Waals surface area contributed by atoms with Crippen LogP contribution >= 0.6 is 0 Å². The summed E-state index contributed by atoms with van der Waals surface area (Å²) >= 11 is 0. The van der Waals surface area contributed by atoms with Crippen LogP contribution in [-0.2, 0) is 34.0 Å². The topological polar surface area (TPSA) is 150 Å². The number of benzene rings is 3. The van der Waals surface area contributed by atoms with Crippen LogP contribution in [0.1, 0.15) is 88.8 Å². The van der Waals surface area contributed by atoms with E-state index in [1.165, 1.54) is 4.90 Å². The average molecular weight is 718 g/mol. The van der Waals surface area contributed by atoms with Crippen molar-refractivity contribution in [3.05, 3.63) is 101 Å². The van der Waals surface area contributed by atoms with Crippen molar-refractivity contribution in [3.8, 4) is 17.6 Å². The Morgan fingerprint density at radius 2 is 1.87 bits per heavy atom. The fourth-order valence-electron chi connectivity index (χ4n) is 6.79. The third-order valence-electron chi connectivity index (χ3n) is 9.68. The fourth-order valence-corrected chi connectivity index (χ4v) is 6.79. The van der Waals surface area contributed by atoms with Crippen molar-refractivity contribution in [1.29, 1.82) is 0 Å². The number of hydrogen-bond donors (Lipinski definition) is 3. The maximum absolute atomic E-state index is 12.9. The molecule has 2 aliphatic heterocycles. The largest absolute Gasteiger partial charge is 0.492 e. The normalized spacial score (nSPS) is 15.1. The Labute approximate surface area is 308 Å². The number of fused-ring (bicyclic) bond motifs is 2. The molecule has 53 heavy (non-hydrogen) atoms. The van der Waals surface area contributed by atoms with Crippen molar-refractivity contribution in [2.24, 2.45) is 0 Å². The highest BCUT2D eigenvalue weighted by Gasteiger charge is 2.39. The summed E-state index contributed by atoms with van der Waals surface area (Å²) in [5, 5.41) is 12.3. The summed E-state index contributed by atoms with van der Waals surface area (Å²) in [6, 6.07) is 19.8. The molecule has 1 unspecified atom stereocenters. The number of hydroxylamine groups is 1. The minimum Gasteiger partial charge on any atom is -0.492 e. The van der Waals surface area contributed by atoms with Crippen LogP contribution in [0.15, 0.2) is 72.9 Å². The number of nitrogens with one attached hydrogen (secondary N) is 2. The molecule has 0 spiro atoms. The van der Waals surface area contributed by atoms with Gasteiger partial charge in [0.2, 0.25) is 17.7 Å². The molecule has 3 heterocycles. The molecule has 12 nitrogen and oxygen atoms in total. The average Bonchev–Trinajstić information content (AvgIpc) is 3.71. The predicted octanol–water partition coefficient (Wildman–Crippen LogP) is 4.95. The Morgan fingerprint density at radius 3 is 2.70 bits per heavy atom. The molecule has 5 amide bonds. The number of unbranched alkanes of at least 4 members (excludes halogenated alkanes) is 4. The molecule has 274 valence electrons. The van der Waals surface area contributed by atoms with E-state index in [-0.39, 0.29) is 24.1 Å². The van der Waals surface area contributed by atoms with Gasteiger partial charge in [0, 0.05) is 67.8 Å². The standard InChI is InChI=1S/C41H43N5O7/c1-44(26-29-10-8-11-33(24-29)53-22-21-45-20-19-30-14-15-31(25-36(30)45)39(49)43-52)38(48)12-7-5-3-2-4-6-9-28-13-16-34-32(23-28)27-46(41(34)51)35-17-18-37(47)42-40(35)50/h8,10-11,13-16,19-20,23-25,35,52H,2-5,7,12,17-18,21-22,26-27H2,1H3,(H,43,49)(H,42,47,50). The summed E-state index contributed by atoms with van der Waals surface area (Å²) in [6.45, 7) is 1.79. The Kier molecular flexibility index (Phi) is 11.9. The minimum absolute atomic E-state index is 0.0936. The third-order valence-corrected chi connectivity index (χ3v) is 9.68. The molecule has 12 heteroatoms. The minimum atomic E-state index is -0.631. The monoisotopic (exact) mass is 717 g/mol. The van der Waals surface area contributed by atoms with Crippen LogP contribution in [0.3, 0.4) is 0 Å². The number of imide groups is 1. The van der Waals surface area contributed by atoms with Gasteiger partial charge < -0.3 is 19.1 Å². The first-order chi connectivity index (χ1) is 25.7. The quantitative estimate of drug-likeness (QED) is 0.0549. The zero-order chi connectivity index (χ0) is 37.3. The lowest BCUT2D eigenvalue weighted by molar-refractivity contribution is -0.137. The number of hydrogen-bond acceptors (Lipinski definition) is 7. The van der Waals surface area contributed by atoms with E-state index in [2.05, 4.69) is 17.2 Å². The molecule has 1 atom stereocenters. The van der Waals surface area contributed by atoms with Crippen LogP contribution in [-0.4, -0.2) is 68.8 Å². The maximum Gasteiger partial charge on any atom is 0.274 e. The molecule has 1 aromatic heterocycles. The van der Waals surface area contributed by atoms with Gasteiger partial charge in [0.05, 0.1) is 6.54 Å². The van der Waals surface area contributed by atoms with Crippen molar-refractivity contribution in [3.63, 3.8) is 0 Å². The van der Waals surface area contributed by atoms with Crippen molar-refractivity contribution >= 4 is 40.4 Å². The van der Waals surface area contributed by atoms with Gasteiger partial charge in [0.1, 0.15) is 18.4 Å². The molecule has 3 N–H and O–H groups in total. The second kappa shape index (κ2) is 17.1. The van der Waals surface area contributed by atoms with E-state index in [1.807, 2.05) is 66.3 Å². The molecule has 4 aromatic rings. The molecule has 3 aromatic carbocycles. The van der Waals surface area contributed by atoms with Gasteiger partial charge in [-0.15, -0.1) is 0 Å². The highest BCUT2D eigenvalue weighted by Crippen LogP contribution is 2.28. The van der Waals surface area contributed by atoms with Gasteiger partial charge in [-0.1, -0.05) is 42.9 Å². The zero-order valence-corrected chi connectivity index (χ0v) is 29.7. The van der Waals surface area contributed by atoms with Crippen LogP contribution < -0.4 is 15.5 Å². The van der Waals surface area contributed by atoms with Crippen molar-refractivity contribution < 1.29 is 33.9 Å². The first-order valence-electron chi connectivity index (χ1n) is 18.0. The van der Waals surface area contributed by atoms with E-state index < -0.39 is 17.9 Å². The Bertz CT molecular complexity index is 2090. The predicted molar refractivity (Wildman–Crippen MR) is 197 cm³/mol. The number of aromatic nitrogens is 1. The summed E-state index contributed by atoms with van der Waals surface area (Å²) in [6.07, 6.45) is 7.36. The van der Waals surface area contributed by atoms with Crippen LogP contribution in [0.25, 0.3) is 10.9 Å². The second-order valence-corrected chi connectivity index (χ2v) is 13.5. The van der Waals surface area contributed by atoms with Gasteiger partial charge in [-0.05, 0) is 84.3 Å². The first-order valence-corrected chi connectivity index (χ1v) is 18.0. The van der Waals surface area contributed by atoms with Gasteiger partial charge >= 0.3 is 0 Å². The number of amides is 5. The summed E-state index contributed by atoms with van der Waals surface area (Å²) < 4.78 is 8.01. The summed E-state index contributed by atoms with van der Waals surface area (Å²) in [5.41, 5.74) is 6.12. The molecule has 1 fully saturated rings. The van der Waals surface area contributed by atoms with Crippen LogP contribution in [0.5, 0.6) is 5.75 Å². The fraction of sp³-hybridized carbons (Fsp3) is 0.341. The lowest BCUT2D eigenvalue weighted by Gasteiger charge is -2.29. The van der Waals surface area contributed by atoms with Crippen LogP contribution in [0, 0.1) is 11.8 Å². The van der Waals surface area contributed by atoms with Crippen LogP contribution in [0.4, 0.5) is 0 Å². The lowest BCUT2D eigenvalue weighted by Crippen LogP contribution is -2.52. The molecular weight excluding hydrogens is 674 g/mol. The smallest absolute Gasteiger partial charge is 0.274 e. The summed E-state index contributed by atoms with van der Waals surface area (Å²) in [7, 11) is 1.81. The number of rotatable bonds is 14. The number of carbonyl (C=O) groups is 5. The molecule has 0 bridgehead atoms. The number of nitrogens with zero attached hydrogens (tertiary/aromatic N) is 3. The van der Waals surface area contributed by atoms with Crippen LogP contribution in [0.2, 0.25) is 0 Å². The Balaban J connectivity index is 0.873. The molecule has 0 saturated carbocycles. The molecule has 6 rings (SSSR count). The highest BCUT2D eigenvalue weighted by molar-refractivity contribution is 6.05. The van der Waals surface area contributed by atoms with Gasteiger partial charge in [-0.2, -0.15) is 0 Å². The summed E-state index contributed by atoms with van der Waals surface area (Å²) in [5.74, 6) is 5.74. The highest BCUT2D eigenvalue weighted by atomic mass is 16.5. The molecule has 0 aliphatic carbocycles.